The molecule has 2 N–H and O–H groups in total. The lowest BCUT2D eigenvalue weighted by atomic mass is 9.54. The molecule has 0 aromatic heterocycles. The first-order chi connectivity index (χ1) is 10.1. The summed E-state index contributed by atoms with van der Waals surface area (Å²) in [5, 5.41) is 4.21. The Kier molecular flexibility index (Phi) is 2.77. The van der Waals surface area contributed by atoms with Gasteiger partial charge in [-0.2, -0.15) is 0 Å². The molecule has 0 aromatic rings. The van der Waals surface area contributed by atoms with Crippen LogP contribution in [0.3, 0.4) is 0 Å². The molecule has 5 heteroatoms. The van der Waals surface area contributed by atoms with Crippen LogP contribution >= 0.6 is 0 Å². The lowest BCUT2D eigenvalue weighted by Gasteiger charge is -2.51. The number of nitrogens with one attached hydrogen (secondary N) is 2. The normalized spacial score (nSPS) is 37.4. The number of amides is 4. The highest BCUT2D eigenvalue weighted by molar-refractivity contribution is 6.29. The zero-order valence-electron chi connectivity index (χ0n) is 11.7. The summed E-state index contributed by atoms with van der Waals surface area (Å²) in [6.45, 7) is 0. The number of hydrogen-bond donors (Lipinski definition) is 2. The molecule has 4 saturated carbocycles. The predicted molar refractivity (Wildman–Crippen MR) is 74.9 cm³/mol. The van der Waals surface area contributed by atoms with E-state index in [0.29, 0.717) is 11.8 Å². The van der Waals surface area contributed by atoms with Crippen LogP contribution in [0.4, 0.5) is 4.79 Å². The van der Waals surface area contributed by atoms with Gasteiger partial charge in [0.2, 0.25) is 0 Å². The van der Waals surface area contributed by atoms with Crippen LogP contribution in [-0.2, 0) is 9.59 Å². The summed E-state index contributed by atoms with van der Waals surface area (Å²) in [5.41, 5.74) is 1.43. The highest BCUT2D eigenvalue weighted by Crippen LogP contribution is 2.56. The Morgan fingerprint density at radius 2 is 1.29 bits per heavy atom. The average Bonchev–Trinajstić information content (AvgIpc) is 2.39. The number of hydrogen-bond acceptors (Lipinski definition) is 3. The molecule has 5 rings (SSSR count). The fourth-order valence-corrected chi connectivity index (χ4v) is 4.81. The van der Waals surface area contributed by atoms with Gasteiger partial charge in [-0.15, -0.1) is 0 Å². The van der Waals surface area contributed by atoms with E-state index < -0.39 is 17.8 Å². The molecule has 1 aliphatic heterocycles. The molecular weight excluding hydrogens is 268 g/mol. The van der Waals surface area contributed by atoms with E-state index >= 15 is 0 Å². The summed E-state index contributed by atoms with van der Waals surface area (Å²) in [5.74, 6) is 1.82. The van der Waals surface area contributed by atoms with Gasteiger partial charge in [0, 0.05) is 0 Å². The third-order valence-corrected chi connectivity index (χ3v) is 5.47. The van der Waals surface area contributed by atoms with Gasteiger partial charge in [-0.25, -0.2) is 4.79 Å². The lowest BCUT2D eigenvalue weighted by molar-refractivity contribution is -0.124. The first-order valence-electron chi connectivity index (χ1n) is 7.68. The van der Waals surface area contributed by atoms with Crippen LogP contribution in [0.15, 0.2) is 23.3 Å². The number of carbonyl (C=O) groups is 3. The first kappa shape index (κ1) is 12.8. The molecule has 0 radical (unpaired) electrons. The Morgan fingerprint density at radius 3 is 1.81 bits per heavy atom. The number of rotatable bonds is 1. The van der Waals surface area contributed by atoms with Crippen LogP contribution in [0, 0.1) is 23.7 Å². The molecule has 0 aromatic carbocycles. The van der Waals surface area contributed by atoms with Crippen molar-refractivity contribution in [3.63, 3.8) is 0 Å². The van der Waals surface area contributed by atoms with Gasteiger partial charge < -0.3 is 0 Å². The van der Waals surface area contributed by atoms with Crippen molar-refractivity contribution >= 4 is 17.8 Å². The van der Waals surface area contributed by atoms with Crippen LogP contribution in [0.1, 0.15) is 32.1 Å². The van der Waals surface area contributed by atoms with Crippen molar-refractivity contribution in [2.24, 2.45) is 23.7 Å². The molecule has 1 saturated heterocycles. The van der Waals surface area contributed by atoms with E-state index in [2.05, 4.69) is 10.6 Å². The monoisotopic (exact) mass is 286 g/mol. The molecule has 5 aliphatic rings. The number of barbiturate groups is 1. The SMILES string of the molecule is O=C1NC(=O)C(=CC=C2C3CC4CC(C3)CC2C4)C(=O)N1. The van der Waals surface area contributed by atoms with E-state index in [9.17, 15) is 14.4 Å². The number of urea groups is 1. The van der Waals surface area contributed by atoms with Gasteiger partial charge >= 0.3 is 6.03 Å². The summed E-state index contributed by atoms with van der Waals surface area (Å²) in [6.07, 6.45) is 10.0. The maximum atomic E-state index is 11.7. The van der Waals surface area contributed by atoms with Crippen molar-refractivity contribution in [1.82, 2.24) is 10.6 Å². The van der Waals surface area contributed by atoms with E-state index in [0.717, 1.165) is 11.8 Å². The molecule has 4 bridgehead atoms. The largest absolute Gasteiger partial charge is 0.328 e. The van der Waals surface area contributed by atoms with Crippen molar-refractivity contribution in [2.75, 3.05) is 0 Å². The van der Waals surface area contributed by atoms with Crippen LogP contribution in [-0.4, -0.2) is 17.8 Å². The Morgan fingerprint density at radius 1 is 0.762 bits per heavy atom. The van der Waals surface area contributed by atoms with Gasteiger partial charge in [0.25, 0.3) is 11.8 Å². The van der Waals surface area contributed by atoms with Gasteiger partial charge in [0.1, 0.15) is 5.57 Å². The molecule has 0 spiro atoms. The molecule has 21 heavy (non-hydrogen) atoms. The molecule has 110 valence electrons. The highest BCUT2D eigenvalue weighted by Gasteiger charge is 2.44. The van der Waals surface area contributed by atoms with Crippen LogP contribution in [0.2, 0.25) is 0 Å². The second-order valence-corrected chi connectivity index (χ2v) is 6.79. The standard InChI is InChI=1S/C16H18N2O3/c19-14-13(15(20)18-16(21)17-14)2-1-12-10-4-8-3-9(6-10)7-11(12)5-8/h1-2,8-11H,3-7H2,(H2,17,18,19,20,21). The topological polar surface area (TPSA) is 75.3 Å². The maximum Gasteiger partial charge on any atom is 0.328 e. The summed E-state index contributed by atoms with van der Waals surface area (Å²) >= 11 is 0. The maximum absolute atomic E-state index is 11.7. The second kappa shape index (κ2) is 4.55. The van der Waals surface area contributed by atoms with Crippen LogP contribution < -0.4 is 10.6 Å². The first-order valence-corrected chi connectivity index (χ1v) is 7.68. The van der Waals surface area contributed by atoms with Crippen molar-refractivity contribution in [2.45, 2.75) is 32.1 Å². The fraction of sp³-hybridized carbons (Fsp3) is 0.562. The predicted octanol–water partition coefficient (Wildman–Crippen LogP) is 1.66. The van der Waals surface area contributed by atoms with Gasteiger partial charge in [-0.3, -0.25) is 20.2 Å². The minimum absolute atomic E-state index is 0.0240. The van der Waals surface area contributed by atoms with E-state index in [-0.39, 0.29) is 5.57 Å². The van der Waals surface area contributed by atoms with Crippen molar-refractivity contribution in [3.8, 4) is 0 Å². The molecule has 5 fully saturated rings. The average molecular weight is 286 g/mol. The zero-order valence-corrected chi connectivity index (χ0v) is 11.7. The molecular formula is C16H18N2O3. The lowest BCUT2D eigenvalue weighted by Crippen LogP contribution is -2.51. The van der Waals surface area contributed by atoms with Gasteiger partial charge in [-0.05, 0) is 61.9 Å². The minimum atomic E-state index is -0.746. The molecule has 0 atom stereocenters. The van der Waals surface area contributed by atoms with E-state index in [4.69, 9.17) is 0 Å². The smallest absolute Gasteiger partial charge is 0.273 e. The van der Waals surface area contributed by atoms with Crippen molar-refractivity contribution < 1.29 is 14.4 Å². The van der Waals surface area contributed by atoms with E-state index in [1.165, 1.54) is 37.7 Å². The van der Waals surface area contributed by atoms with Gasteiger partial charge in [0.15, 0.2) is 0 Å². The number of allylic oxidation sites excluding steroid dienone is 3. The quantitative estimate of drug-likeness (QED) is 0.568. The van der Waals surface area contributed by atoms with Crippen molar-refractivity contribution in [1.29, 1.82) is 0 Å². The molecule has 1 heterocycles. The van der Waals surface area contributed by atoms with Crippen LogP contribution in [0.5, 0.6) is 0 Å². The second-order valence-electron chi connectivity index (χ2n) is 6.79. The highest BCUT2D eigenvalue weighted by atomic mass is 16.2. The summed E-state index contributed by atoms with van der Waals surface area (Å²) in [7, 11) is 0. The Hall–Kier alpha value is -1.91. The summed E-state index contributed by atoms with van der Waals surface area (Å²) < 4.78 is 0. The van der Waals surface area contributed by atoms with Crippen LogP contribution in [0.25, 0.3) is 0 Å². The van der Waals surface area contributed by atoms with E-state index in [1.54, 1.807) is 6.08 Å². The van der Waals surface area contributed by atoms with E-state index in [1.807, 2.05) is 6.08 Å². The zero-order chi connectivity index (χ0) is 14.6. The molecule has 0 unspecified atom stereocenters. The summed E-state index contributed by atoms with van der Waals surface area (Å²) in [4.78, 5) is 34.4. The van der Waals surface area contributed by atoms with Crippen molar-refractivity contribution in [3.05, 3.63) is 23.3 Å². The molecule has 5 nitrogen and oxygen atoms in total. The third-order valence-electron chi connectivity index (χ3n) is 5.47. The fourth-order valence-electron chi connectivity index (χ4n) is 4.81. The number of carbonyl (C=O) groups excluding carboxylic acids is 3. The Labute approximate surface area is 122 Å². The number of imide groups is 2. The summed E-state index contributed by atoms with van der Waals surface area (Å²) in [6, 6.07) is -0.746. The van der Waals surface area contributed by atoms with Gasteiger partial charge in [-0.1, -0.05) is 11.6 Å². The minimum Gasteiger partial charge on any atom is -0.273 e. The Bertz CT molecular complexity index is 551. The van der Waals surface area contributed by atoms with Gasteiger partial charge in [0.05, 0.1) is 0 Å². The molecule has 4 amide bonds. The molecule has 4 aliphatic carbocycles. The third kappa shape index (κ3) is 2.11. The Balaban J connectivity index is 1.60.